The van der Waals surface area contributed by atoms with Crippen molar-refractivity contribution in [3.63, 3.8) is 0 Å². The van der Waals surface area contributed by atoms with Crippen LogP contribution in [-0.4, -0.2) is 49.4 Å². The Bertz CT molecular complexity index is 1040. The zero-order valence-electron chi connectivity index (χ0n) is 32.8. The summed E-state index contributed by atoms with van der Waals surface area (Å²) in [6.07, 6.45) is 37.2. The summed E-state index contributed by atoms with van der Waals surface area (Å²) in [6.45, 7) is 6.96. The van der Waals surface area contributed by atoms with Crippen molar-refractivity contribution in [1.82, 2.24) is 10.3 Å². The molecule has 288 valence electrons. The van der Waals surface area contributed by atoms with Gasteiger partial charge in [-0.25, -0.2) is 0 Å². The number of benzene rings is 1. The Balaban J connectivity index is 1.57. The van der Waals surface area contributed by atoms with Crippen molar-refractivity contribution < 1.29 is 14.3 Å². The molecule has 0 aliphatic rings. The molecule has 1 heterocycles. The van der Waals surface area contributed by atoms with E-state index in [1.54, 1.807) is 0 Å². The Kier molecular flexibility index (Phi) is 28.2. The largest absolute Gasteiger partial charge is 0.379 e. The monoisotopic (exact) mass is 698 g/mol. The number of H-pyrrole nitrogens is 1. The quantitative estimate of drug-likeness (QED) is 0.0618. The van der Waals surface area contributed by atoms with E-state index in [4.69, 9.17) is 15.2 Å². The van der Waals surface area contributed by atoms with Crippen LogP contribution in [0.1, 0.15) is 186 Å². The van der Waals surface area contributed by atoms with Gasteiger partial charge in [0, 0.05) is 36.9 Å². The molecule has 0 saturated heterocycles. The highest BCUT2D eigenvalue weighted by molar-refractivity contribution is 5.86. The van der Waals surface area contributed by atoms with E-state index in [-0.39, 0.29) is 12.0 Å². The molecule has 1 aromatic carbocycles. The predicted octanol–water partition coefficient (Wildman–Crippen LogP) is 11.7. The summed E-state index contributed by atoms with van der Waals surface area (Å²) in [6, 6.07) is 7.53. The zero-order chi connectivity index (χ0) is 35.7. The van der Waals surface area contributed by atoms with Crippen molar-refractivity contribution >= 4 is 16.8 Å². The number of hydrogen-bond acceptors (Lipinski definition) is 4. The molecule has 50 heavy (non-hydrogen) atoms. The summed E-state index contributed by atoms with van der Waals surface area (Å²) in [4.78, 5) is 16.2. The Hall–Kier alpha value is -1.89. The van der Waals surface area contributed by atoms with Gasteiger partial charge in [0.1, 0.15) is 0 Å². The molecule has 1 aromatic heterocycles. The number of aromatic amines is 1. The van der Waals surface area contributed by atoms with Crippen LogP contribution in [0.4, 0.5) is 0 Å². The fourth-order valence-electron chi connectivity index (χ4n) is 6.95. The Labute approximate surface area is 308 Å². The molecule has 0 saturated carbocycles. The minimum absolute atomic E-state index is 0.138. The van der Waals surface area contributed by atoms with E-state index >= 15 is 0 Å². The highest BCUT2D eigenvalue weighted by Crippen LogP contribution is 2.19. The summed E-state index contributed by atoms with van der Waals surface area (Å²) in [5.74, 6) is -0.138. The van der Waals surface area contributed by atoms with E-state index in [2.05, 4.69) is 30.2 Å². The third kappa shape index (κ3) is 22.8. The van der Waals surface area contributed by atoms with Crippen molar-refractivity contribution in [3.05, 3.63) is 36.0 Å². The van der Waals surface area contributed by atoms with Gasteiger partial charge >= 0.3 is 0 Å². The maximum absolute atomic E-state index is 13.0. The number of nitrogens with two attached hydrogens (primary N) is 1. The zero-order valence-corrected chi connectivity index (χ0v) is 32.8. The Morgan fingerprint density at radius 2 is 1.12 bits per heavy atom. The second kappa shape index (κ2) is 31.8. The molecule has 1 amide bonds. The molecule has 0 aliphatic carbocycles. The number of carbonyl (C=O) groups is 1. The van der Waals surface area contributed by atoms with Crippen LogP contribution in [0.5, 0.6) is 0 Å². The van der Waals surface area contributed by atoms with Gasteiger partial charge in [0.05, 0.1) is 18.8 Å². The second-order valence-electron chi connectivity index (χ2n) is 15.0. The molecule has 2 rings (SSSR count). The number of ether oxygens (including phenoxy) is 2. The van der Waals surface area contributed by atoms with Gasteiger partial charge in [-0.15, -0.1) is 0 Å². The number of nitrogens with one attached hydrogen (secondary N) is 2. The number of aromatic nitrogens is 1. The summed E-state index contributed by atoms with van der Waals surface area (Å²) < 4.78 is 12.3. The number of unbranched alkanes of at least 4 members (excludes halogenated alkanes) is 24. The van der Waals surface area contributed by atoms with Crippen LogP contribution in [-0.2, 0) is 20.7 Å². The number of para-hydroxylation sites is 1. The van der Waals surface area contributed by atoms with Crippen molar-refractivity contribution in [2.45, 2.75) is 199 Å². The van der Waals surface area contributed by atoms with E-state index in [9.17, 15) is 4.79 Å². The van der Waals surface area contributed by atoms with Gasteiger partial charge in [0.2, 0.25) is 5.91 Å². The molecule has 2 atom stereocenters. The van der Waals surface area contributed by atoms with Crippen LogP contribution in [0.25, 0.3) is 10.9 Å². The molecular formula is C44H79N3O3. The van der Waals surface area contributed by atoms with Crippen LogP contribution in [0.15, 0.2) is 30.5 Å². The summed E-state index contributed by atoms with van der Waals surface area (Å²) in [5, 5.41) is 4.18. The minimum atomic E-state index is -0.608. The SMILES string of the molecule is CCCCCCCCCCCCCCCCCCOCC(CNC(=O)[C@@H](N)Cc1c[nH]c2ccccc12)OCCCCCCCCCCCC. The molecule has 4 N–H and O–H groups in total. The van der Waals surface area contributed by atoms with Gasteiger partial charge < -0.3 is 25.5 Å². The van der Waals surface area contributed by atoms with Crippen LogP contribution in [0.3, 0.4) is 0 Å². The van der Waals surface area contributed by atoms with Gasteiger partial charge in [-0.3, -0.25) is 4.79 Å². The summed E-state index contributed by atoms with van der Waals surface area (Å²) >= 11 is 0. The highest BCUT2D eigenvalue weighted by Gasteiger charge is 2.18. The molecule has 6 heteroatoms. The molecular weight excluding hydrogens is 619 g/mol. The van der Waals surface area contributed by atoms with Crippen LogP contribution in [0, 0.1) is 0 Å². The summed E-state index contributed by atoms with van der Waals surface area (Å²) in [7, 11) is 0. The average Bonchev–Trinajstić information content (AvgIpc) is 3.54. The van der Waals surface area contributed by atoms with Gasteiger partial charge in [0.25, 0.3) is 0 Å². The standard InChI is InChI=1S/C44H79N3O3/c1-3-5-7-9-11-13-15-16-17-18-19-20-21-23-25-29-33-49-38-40(50-34-30-26-24-22-14-12-10-8-6-4-2)37-47-44(48)42(45)35-39-36-46-43-32-28-27-31-41(39)43/h27-28,31-32,36,40,42,46H,3-26,29-30,33-35,37-38,45H2,1-2H3,(H,47,48)/t40?,42-/m0/s1. The number of carbonyl (C=O) groups excluding carboxylic acids is 1. The van der Waals surface area contributed by atoms with E-state index in [1.807, 2.05) is 24.4 Å². The number of fused-ring (bicyclic) bond motifs is 1. The number of rotatable bonds is 36. The molecule has 0 bridgehead atoms. The van der Waals surface area contributed by atoms with E-state index in [0.717, 1.165) is 35.9 Å². The molecule has 0 spiro atoms. The van der Waals surface area contributed by atoms with Crippen LogP contribution >= 0.6 is 0 Å². The van der Waals surface area contributed by atoms with Crippen LogP contribution < -0.4 is 11.1 Å². The van der Waals surface area contributed by atoms with Gasteiger partial charge in [-0.05, 0) is 30.9 Å². The van der Waals surface area contributed by atoms with Crippen molar-refractivity contribution in [2.24, 2.45) is 5.73 Å². The maximum atomic E-state index is 13.0. The summed E-state index contributed by atoms with van der Waals surface area (Å²) in [5.41, 5.74) is 8.48. The smallest absolute Gasteiger partial charge is 0.237 e. The number of hydrogen-bond donors (Lipinski definition) is 3. The predicted molar refractivity (Wildman–Crippen MR) is 215 cm³/mol. The van der Waals surface area contributed by atoms with Gasteiger partial charge in [-0.1, -0.05) is 186 Å². The first-order valence-corrected chi connectivity index (χ1v) is 21.4. The van der Waals surface area contributed by atoms with Gasteiger partial charge in [-0.2, -0.15) is 0 Å². The molecule has 2 aromatic rings. The second-order valence-corrected chi connectivity index (χ2v) is 15.0. The lowest BCUT2D eigenvalue weighted by Gasteiger charge is -2.20. The van der Waals surface area contributed by atoms with E-state index < -0.39 is 6.04 Å². The normalized spacial score (nSPS) is 12.9. The van der Waals surface area contributed by atoms with Crippen molar-refractivity contribution in [3.8, 4) is 0 Å². The highest BCUT2D eigenvalue weighted by atomic mass is 16.5. The molecule has 0 aliphatic heterocycles. The Morgan fingerprint density at radius 3 is 1.64 bits per heavy atom. The van der Waals surface area contributed by atoms with Crippen molar-refractivity contribution in [2.75, 3.05) is 26.4 Å². The first kappa shape index (κ1) is 44.3. The van der Waals surface area contributed by atoms with Crippen LogP contribution in [0.2, 0.25) is 0 Å². The van der Waals surface area contributed by atoms with Crippen molar-refractivity contribution in [1.29, 1.82) is 0 Å². The Morgan fingerprint density at radius 1 is 0.660 bits per heavy atom. The maximum Gasteiger partial charge on any atom is 0.237 e. The number of amides is 1. The average molecular weight is 698 g/mol. The lowest BCUT2D eigenvalue weighted by atomic mass is 10.0. The topological polar surface area (TPSA) is 89.4 Å². The molecule has 1 unspecified atom stereocenters. The lowest BCUT2D eigenvalue weighted by molar-refractivity contribution is -0.123. The first-order valence-electron chi connectivity index (χ1n) is 21.4. The van der Waals surface area contributed by atoms with Gasteiger partial charge in [0.15, 0.2) is 0 Å². The molecule has 0 radical (unpaired) electrons. The fourth-order valence-corrected chi connectivity index (χ4v) is 6.95. The fraction of sp³-hybridized carbons (Fsp3) is 0.795. The first-order chi connectivity index (χ1) is 24.7. The molecule has 0 fully saturated rings. The third-order valence-electron chi connectivity index (χ3n) is 10.3. The third-order valence-corrected chi connectivity index (χ3v) is 10.3. The van der Waals surface area contributed by atoms with E-state index in [0.29, 0.717) is 26.2 Å². The molecule has 6 nitrogen and oxygen atoms in total. The minimum Gasteiger partial charge on any atom is -0.379 e. The van der Waals surface area contributed by atoms with E-state index in [1.165, 1.54) is 154 Å². The lowest BCUT2D eigenvalue weighted by Crippen LogP contribution is -2.45.